The van der Waals surface area contributed by atoms with Gasteiger partial charge in [-0.25, -0.2) is 8.42 Å². The summed E-state index contributed by atoms with van der Waals surface area (Å²) in [5.41, 5.74) is 1.51. The standard InChI is InChI=1S/C18H17ClN2O2S2/c19-17-4-2-1-3-16(17)18-9-10-21(11-12-24-18)25(22,23)15-7-5-14(13-20)6-8-15/h1-8,18H,9-12H2. The minimum Gasteiger partial charge on any atom is -0.207 e. The van der Waals surface area contributed by atoms with Gasteiger partial charge in [-0.3, -0.25) is 0 Å². The predicted molar refractivity (Wildman–Crippen MR) is 101 cm³/mol. The first-order chi connectivity index (χ1) is 12.0. The second-order valence-corrected chi connectivity index (χ2v) is 9.37. The van der Waals surface area contributed by atoms with Crippen LogP contribution >= 0.6 is 23.4 Å². The number of halogens is 1. The molecule has 2 aromatic rings. The molecule has 0 amide bonds. The van der Waals surface area contributed by atoms with Crippen molar-refractivity contribution in [3.8, 4) is 6.07 Å². The third-order valence-electron chi connectivity index (χ3n) is 4.17. The SMILES string of the molecule is N#Cc1ccc(S(=O)(=O)N2CCSC(c3ccccc3Cl)CC2)cc1. The molecule has 7 heteroatoms. The van der Waals surface area contributed by atoms with E-state index < -0.39 is 10.0 Å². The topological polar surface area (TPSA) is 61.2 Å². The van der Waals surface area contributed by atoms with Crippen LogP contribution in [0.15, 0.2) is 53.4 Å². The fourth-order valence-electron chi connectivity index (χ4n) is 2.83. The van der Waals surface area contributed by atoms with Crippen molar-refractivity contribution in [3.63, 3.8) is 0 Å². The maximum absolute atomic E-state index is 12.9. The van der Waals surface area contributed by atoms with E-state index in [1.165, 1.54) is 28.6 Å². The van der Waals surface area contributed by atoms with E-state index in [2.05, 4.69) is 0 Å². The molecule has 25 heavy (non-hydrogen) atoms. The lowest BCUT2D eigenvalue weighted by Gasteiger charge is -2.20. The number of benzene rings is 2. The van der Waals surface area contributed by atoms with Crippen LogP contribution in [0.3, 0.4) is 0 Å². The fraction of sp³-hybridized carbons (Fsp3) is 0.278. The molecule has 1 aliphatic heterocycles. The van der Waals surface area contributed by atoms with Crippen molar-refractivity contribution in [2.24, 2.45) is 0 Å². The van der Waals surface area contributed by atoms with Crippen LogP contribution in [0.2, 0.25) is 5.02 Å². The molecule has 1 saturated heterocycles. The minimum atomic E-state index is -3.55. The summed E-state index contributed by atoms with van der Waals surface area (Å²) in [6.45, 7) is 0.916. The highest BCUT2D eigenvalue weighted by atomic mass is 35.5. The van der Waals surface area contributed by atoms with E-state index in [0.717, 1.165) is 10.6 Å². The molecule has 4 nitrogen and oxygen atoms in total. The number of rotatable bonds is 3. The highest BCUT2D eigenvalue weighted by Crippen LogP contribution is 2.38. The second-order valence-electron chi connectivity index (χ2n) is 5.71. The zero-order valence-corrected chi connectivity index (χ0v) is 15.8. The van der Waals surface area contributed by atoms with Gasteiger partial charge < -0.3 is 0 Å². The molecule has 0 bridgehead atoms. The Labute approximate surface area is 157 Å². The number of nitriles is 1. The summed E-state index contributed by atoms with van der Waals surface area (Å²) in [7, 11) is -3.55. The first-order valence-corrected chi connectivity index (χ1v) is 10.8. The van der Waals surface area contributed by atoms with Crippen LogP contribution in [-0.2, 0) is 10.0 Å². The largest absolute Gasteiger partial charge is 0.243 e. The lowest BCUT2D eigenvalue weighted by molar-refractivity contribution is 0.428. The average molecular weight is 393 g/mol. The van der Waals surface area contributed by atoms with Crippen molar-refractivity contribution in [1.82, 2.24) is 4.31 Å². The molecular formula is C18H17ClN2O2S2. The molecule has 0 saturated carbocycles. The summed E-state index contributed by atoms with van der Waals surface area (Å²) < 4.78 is 27.2. The fourth-order valence-corrected chi connectivity index (χ4v) is 6.00. The molecule has 1 aliphatic rings. The molecular weight excluding hydrogens is 376 g/mol. The molecule has 2 aromatic carbocycles. The Balaban J connectivity index is 1.78. The zero-order valence-electron chi connectivity index (χ0n) is 13.4. The van der Waals surface area contributed by atoms with E-state index >= 15 is 0 Å². The van der Waals surface area contributed by atoms with Crippen LogP contribution in [0.5, 0.6) is 0 Å². The number of sulfonamides is 1. The minimum absolute atomic E-state index is 0.190. The summed E-state index contributed by atoms with van der Waals surface area (Å²) in [4.78, 5) is 0.229. The highest BCUT2D eigenvalue weighted by Gasteiger charge is 2.28. The summed E-state index contributed by atoms with van der Waals surface area (Å²) in [6, 6.07) is 15.8. The van der Waals surface area contributed by atoms with Gasteiger partial charge in [-0.15, -0.1) is 0 Å². The first-order valence-electron chi connectivity index (χ1n) is 7.89. The number of hydrogen-bond acceptors (Lipinski definition) is 4. The van der Waals surface area contributed by atoms with Crippen molar-refractivity contribution >= 4 is 33.4 Å². The van der Waals surface area contributed by atoms with Crippen molar-refractivity contribution in [2.75, 3.05) is 18.8 Å². The van der Waals surface area contributed by atoms with Gasteiger partial charge in [-0.2, -0.15) is 21.3 Å². The summed E-state index contributed by atoms with van der Waals surface area (Å²) in [5.74, 6) is 0.714. The van der Waals surface area contributed by atoms with Crippen LogP contribution < -0.4 is 0 Å². The molecule has 1 atom stereocenters. The Morgan fingerprint density at radius 2 is 1.84 bits per heavy atom. The van der Waals surface area contributed by atoms with Gasteiger partial charge in [-0.1, -0.05) is 29.8 Å². The van der Waals surface area contributed by atoms with Gasteiger partial charge in [0.1, 0.15) is 0 Å². The summed E-state index contributed by atoms with van der Waals surface area (Å²) in [6.07, 6.45) is 0.712. The number of thioether (sulfide) groups is 1. The van der Waals surface area contributed by atoms with E-state index in [0.29, 0.717) is 30.8 Å². The van der Waals surface area contributed by atoms with Gasteiger partial charge in [0.2, 0.25) is 10.0 Å². The van der Waals surface area contributed by atoms with Gasteiger partial charge >= 0.3 is 0 Å². The maximum atomic E-state index is 12.9. The Kier molecular flexibility index (Phi) is 5.70. The molecule has 1 fully saturated rings. The van der Waals surface area contributed by atoms with Crippen LogP contribution in [-0.4, -0.2) is 31.6 Å². The smallest absolute Gasteiger partial charge is 0.207 e. The molecule has 0 radical (unpaired) electrons. The number of hydrogen-bond donors (Lipinski definition) is 0. The average Bonchev–Trinajstić information content (AvgIpc) is 2.89. The van der Waals surface area contributed by atoms with Gasteiger partial charge in [0, 0.05) is 29.1 Å². The van der Waals surface area contributed by atoms with Gasteiger partial charge in [-0.05, 0) is 42.3 Å². The van der Waals surface area contributed by atoms with E-state index in [-0.39, 0.29) is 10.1 Å². The van der Waals surface area contributed by atoms with Gasteiger partial charge in [0.15, 0.2) is 0 Å². The highest BCUT2D eigenvalue weighted by molar-refractivity contribution is 7.99. The first kappa shape index (κ1) is 18.3. The van der Waals surface area contributed by atoms with Crippen LogP contribution in [0.4, 0.5) is 0 Å². The molecule has 1 heterocycles. The van der Waals surface area contributed by atoms with E-state index in [1.807, 2.05) is 30.3 Å². The third-order valence-corrected chi connectivity index (χ3v) is 7.74. The molecule has 1 unspecified atom stereocenters. The zero-order chi connectivity index (χ0) is 17.9. The normalized spacial score (nSPS) is 19.1. The van der Waals surface area contributed by atoms with E-state index in [1.54, 1.807) is 11.8 Å². The molecule has 0 spiro atoms. The summed E-state index contributed by atoms with van der Waals surface area (Å²) in [5, 5.41) is 9.77. The second kappa shape index (κ2) is 7.79. The Bertz CT molecular complexity index is 892. The molecule has 0 N–H and O–H groups in total. The van der Waals surface area contributed by atoms with Crippen molar-refractivity contribution in [3.05, 3.63) is 64.7 Å². The van der Waals surface area contributed by atoms with Crippen LogP contribution in [0, 0.1) is 11.3 Å². The predicted octanol–water partition coefficient (Wildman–Crippen LogP) is 4.08. The monoisotopic (exact) mass is 392 g/mol. The Morgan fingerprint density at radius 3 is 2.52 bits per heavy atom. The van der Waals surface area contributed by atoms with Gasteiger partial charge in [0.25, 0.3) is 0 Å². The van der Waals surface area contributed by atoms with E-state index in [4.69, 9.17) is 16.9 Å². The summed E-state index contributed by atoms with van der Waals surface area (Å²) >= 11 is 8.03. The van der Waals surface area contributed by atoms with Crippen LogP contribution in [0.1, 0.15) is 22.8 Å². The quantitative estimate of drug-likeness (QED) is 0.789. The van der Waals surface area contributed by atoms with Crippen molar-refractivity contribution in [2.45, 2.75) is 16.6 Å². The lowest BCUT2D eigenvalue weighted by Crippen LogP contribution is -2.33. The molecule has 0 aromatic heterocycles. The number of nitrogens with zero attached hydrogens (tertiary/aromatic N) is 2. The molecule has 0 aliphatic carbocycles. The van der Waals surface area contributed by atoms with Crippen LogP contribution in [0.25, 0.3) is 0 Å². The van der Waals surface area contributed by atoms with Crippen molar-refractivity contribution in [1.29, 1.82) is 5.26 Å². The molecule has 130 valence electrons. The lowest BCUT2D eigenvalue weighted by atomic mass is 10.1. The van der Waals surface area contributed by atoms with Gasteiger partial charge in [0.05, 0.1) is 16.5 Å². The van der Waals surface area contributed by atoms with Crippen molar-refractivity contribution < 1.29 is 8.42 Å². The Hall–Kier alpha value is -1.52. The Morgan fingerprint density at radius 1 is 1.12 bits per heavy atom. The molecule has 3 rings (SSSR count). The maximum Gasteiger partial charge on any atom is 0.243 e. The van der Waals surface area contributed by atoms with E-state index in [9.17, 15) is 8.42 Å². The third kappa shape index (κ3) is 4.01.